The zero-order valence-electron chi connectivity index (χ0n) is 21.8. The summed E-state index contributed by atoms with van der Waals surface area (Å²) in [6.07, 6.45) is -1.52. The molecule has 1 aliphatic heterocycles. The molecule has 2 aromatic heterocycles. The summed E-state index contributed by atoms with van der Waals surface area (Å²) in [5.41, 5.74) is 7.44. The van der Waals surface area contributed by atoms with E-state index in [2.05, 4.69) is 43.9 Å². The zero-order valence-corrected chi connectivity index (χ0v) is 21.8. The Morgan fingerprint density at radius 3 is 2.60 bits per heavy atom. The van der Waals surface area contributed by atoms with Gasteiger partial charge in [0.1, 0.15) is 17.8 Å². The Bertz CT molecular complexity index is 1590. The number of hydrogen-bond acceptors (Lipinski definition) is 6. The van der Waals surface area contributed by atoms with Gasteiger partial charge in [0.2, 0.25) is 0 Å². The van der Waals surface area contributed by atoms with E-state index in [4.69, 9.17) is 5.73 Å². The number of fused-ring (bicyclic) bond motifs is 1. The maximum atomic E-state index is 14.0. The van der Waals surface area contributed by atoms with Gasteiger partial charge < -0.3 is 20.9 Å². The predicted molar refractivity (Wildman–Crippen MR) is 148 cm³/mol. The third kappa shape index (κ3) is 6.09. The Kier molecular flexibility index (Phi) is 7.73. The number of carbonyl (C=O) groups excluding carboxylic acids is 1. The average Bonchev–Trinajstić information content (AvgIpc) is 3.37. The third-order valence-corrected chi connectivity index (χ3v) is 6.94. The molecule has 206 valence electrons. The molecule has 1 aliphatic rings. The fraction of sp³-hybridized carbons (Fsp3) is 0.276. The molecule has 0 atom stereocenters. The van der Waals surface area contributed by atoms with Crippen molar-refractivity contribution >= 4 is 28.4 Å². The number of nitrogens with zero attached hydrogens (tertiary/aromatic N) is 4. The summed E-state index contributed by atoms with van der Waals surface area (Å²) in [6, 6.07) is 10.5. The largest absolute Gasteiger partial charge is 0.416 e. The Morgan fingerprint density at radius 2 is 1.85 bits per heavy atom. The highest BCUT2D eigenvalue weighted by Crippen LogP contribution is 2.34. The van der Waals surface area contributed by atoms with Crippen molar-refractivity contribution < 1.29 is 18.0 Å². The maximum absolute atomic E-state index is 14.0. The minimum atomic E-state index is -4.55. The van der Waals surface area contributed by atoms with E-state index in [1.807, 2.05) is 4.90 Å². The number of H-pyrrole nitrogens is 1. The Morgan fingerprint density at radius 1 is 1.07 bits per heavy atom. The molecule has 4 N–H and O–H groups in total. The van der Waals surface area contributed by atoms with Gasteiger partial charge in [-0.15, -0.1) is 0 Å². The van der Waals surface area contributed by atoms with E-state index in [9.17, 15) is 18.0 Å². The highest BCUT2D eigenvalue weighted by atomic mass is 19.4. The highest BCUT2D eigenvalue weighted by molar-refractivity contribution is 6.04. The number of likely N-dealkylation sites (N-methyl/N-ethyl adjacent to an activating group) is 1. The number of rotatable bonds is 5. The Labute approximate surface area is 229 Å². The van der Waals surface area contributed by atoms with Crippen molar-refractivity contribution in [3.8, 4) is 11.8 Å². The lowest BCUT2D eigenvalue weighted by atomic mass is 10.0. The third-order valence-electron chi connectivity index (χ3n) is 6.94. The van der Waals surface area contributed by atoms with Crippen molar-refractivity contribution in [2.45, 2.75) is 19.6 Å². The van der Waals surface area contributed by atoms with Crippen molar-refractivity contribution in [1.82, 2.24) is 24.8 Å². The van der Waals surface area contributed by atoms with Gasteiger partial charge in [-0.05, 0) is 42.4 Å². The molecule has 4 aromatic rings. The fourth-order valence-corrected chi connectivity index (χ4v) is 4.73. The second-order valence-corrected chi connectivity index (χ2v) is 9.55. The van der Waals surface area contributed by atoms with Crippen molar-refractivity contribution in [3.63, 3.8) is 0 Å². The van der Waals surface area contributed by atoms with E-state index >= 15 is 0 Å². The molecule has 1 fully saturated rings. The van der Waals surface area contributed by atoms with Crippen LogP contribution in [0.2, 0.25) is 0 Å². The minimum absolute atomic E-state index is 0.0719. The van der Waals surface area contributed by atoms with Crippen LogP contribution in [0.3, 0.4) is 0 Å². The average molecular weight is 548 g/mol. The molecule has 0 saturated carbocycles. The molecule has 0 aliphatic carbocycles. The Balaban J connectivity index is 1.32. The summed E-state index contributed by atoms with van der Waals surface area (Å²) >= 11 is 0. The molecule has 3 heterocycles. The molecule has 8 nitrogen and oxygen atoms in total. The molecule has 1 amide bonds. The molecule has 0 unspecified atom stereocenters. The number of piperazine rings is 1. The first-order valence-electron chi connectivity index (χ1n) is 12.9. The van der Waals surface area contributed by atoms with Gasteiger partial charge in [0.25, 0.3) is 5.91 Å². The number of hydrogen-bond donors (Lipinski definition) is 3. The van der Waals surface area contributed by atoms with Gasteiger partial charge in [0.05, 0.1) is 16.5 Å². The molecule has 40 heavy (non-hydrogen) atoms. The summed E-state index contributed by atoms with van der Waals surface area (Å²) in [5, 5.41) is 3.21. The van der Waals surface area contributed by atoms with Crippen LogP contribution >= 0.6 is 0 Å². The Hall–Kier alpha value is -4.40. The van der Waals surface area contributed by atoms with Crippen LogP contribution < -0.4 is 11.1 Å². The number of amides is 1. The second-order valence-electron chi connectivity index (χ2n) is 9.55. The molecule has 5 rings (SSSR count). The number of carbonyl (C=O) groups is 1. The smallest absolute Gasteiger partial charge is 0.383 e. The molecule has 0 radical (unpaired) electrons. The van der Waals surface area contributed by atoms with Gasteiger partial charge in [-0.25, -0.2) is 9.97 Å². The first-order valence-corrected chi connectivity index (χ1v) is 12.9. The van der Waals surface area contributed by atoms with Crippen LogP contribution in [-0.2, 0) is 12.7 Å². The zero-order chi connectivity index (χ0) is 28.3. The van der Waals surface area contributed by atoms with Crippen LogP contribution in [0.25, 0.3) is 11.0 Å². The van der Waals surface area contributed by atoms with E-state index in [1.54, 1.807) is 30.5 Å². The lowest BCUT2D eigenvalue weighted by Crippen LogP contribution is -2.45. The van der Waals surface area contributed by atoms with Crippen LogP contribution in [0.4, 0.5) is 24.7 Å². The number of aromatic amines is 1. The number of benzene rings is 2. The van der Waals surface area contributed by atoms with Crippen LogP contribution in [0.15, 0.2) is 55.0 Å². The van der Waals surface area contributed by atoms with Gasteiger partial charge >= 0.3 is 6.18 Å². The van der Waals surface area contributed by atoms with Gasteiger partial charge in [0, 0.05) is 55.7 Å². The van der Waals surface area contributed by atoms with E-state index in [1.165, 1.54) is 18.5 Å². The molecular weight excluding hydrogens is 519 g/mol. The number of nitrogens with two attached hydrogens (primary N) is 1. The van der Waals surface area contributed by atoms with Crippen LogP contribution in [0, 0.1) is 11.8 Å². The molecule has 0 spiro atoms. The first-order chi connectivity index (χ1) is 19.2. The van der Waals surface area contributed by atoms with Crippen molar-refractivity contribution in [2.75, 3.05) is 43.8 Å². The minimum Gasteiger partial charge on any atom is -0.383 e. The van der Waals surface area contributed by atoms with Crippen LogP contribution in [-0.4, -0.2) is 63.4 Å². The summed E-state index contributed by atoms with van der Waals surface area (Å²) in [4.78, 5) is 28.3. The first kappa shape index (κ1) is 27.2. The number of anilines is 2. The summed E-state index contributed by atoms with van der Waals surface area (Å²) in [7, 11) is 0. The van der Waals surface area contributed by atoms with E-state index in [0.29, 0.717) is 41.1 Å². The summed E-state index contributed by atoms with van der Waals surface area (Å²) < 4.78 is 41.9. The van der Waals surface area contributed by atoms with Crippen LogP contribution in [0.5, 0.6) is 0 Å². The number of aromatic nitrogens is 3. The number of halogens is 3. The molecular formula is C29H28F3N7O. The number of nitrogens with one attached hydrogen (secondary N) is 2. The lowest BCUT2D eigenvalue weighted by molar-refractivity contribution is -0.138. The molecule has 1 saturated heterocycles. The summed E-state index contributed by atoms with van der Waals surface area (Å²) in [5.74, 6) is 5.76. The topological polar surface area (TPSA) is 103 Å². The van der Waals surface area contributed by atoms with E-state index < -0.39 is 17.6 Å². The van der Waals surface area contributed by atoms with E-state index in [0.717, 1.165) is 25.7 Å². The highest BCUT2D eigenvalue weighted by Gasteiger charge is 2.34. The van der Waals surface area contributed by atoms with Gasteiger partial charge in [-0.3, -0.25) is 9.69 Å². The quantitative estimate of drug-likeness (QED) is 0.321. The van der Waals surface area contributed by atoms with Crippen molar-refractivity contribution in [3.05, 3.63) is 82.8 Å². The van der Waals surface area contributed by atoms with Crippen molar-refractivity contribution in [2.24, 2.45) is 0 Å². The molecule has 0 bridgehead atoms. The van der Waals surface area contributed by atoms with Gasteiger partial charge in [0.15, 0.2) is 0 Å². The normalized spacial score (nSPS) is 14.6. The lowest BCUT2D eigenvalue weighted by Gasteiger charge is -2.34. The van der Waals surface area contributed by atoms with Gasteiger partial charge in [-0.1, -0.05) is 30.9 Å². The van der Waals surface area contributed by atoms with Gasteiger partial charge in [-0.2, -0.15) is 13.2 Å². The number of alkyl halides is 3. The fourth-order valence-electron chi connectivity index (χ4n) is 4.73. The predicted octanol–water partition coefficient (Wildman–Crippen LogP) is 4.35. The monoisotopic (exact) mass is 547 g/mol. The van der Waals surface area contributed by atoms with E-state index in [-0.39, 0.29) is 23.4 Å². The second kappa shape index (κ2) is 11.4. The van der Waals surface area contributed by atoms with Crippen LogP contribution in [0.1, 0.15) is 39.5 Å². The molecule has 11 heteroatoms. The standard InChI is InChI=1S/C29H28F3N7O/c1-2-38-10-12-39(13-11-38)17-22-8-9-23(15-24(22)29(30,31)32)37-28(40)20-5-3-4-19(14-20)6-7-21-16-34-27-25(21)26(33)35-18-36-27/h3-5,8-9,14-16,18H,2,10-13,17H2,1H3,(H,37,40)(H3,33,34,35,36). The SMILES string of the molecule is CCN1CCN(Cc2ccc(NC(=O)c3cccc(C#Cc4c[nH]c5ncnc(N)c45)c3)cc2C(F)(F)F)CC1. The summed E-state index contributed by atoms with van der Waals surface area (Å²) in [6.45, 7) is 6.30. The number of nitrogen functional groups attached to an aromatic ring is 1. The maximum Gasteiger partial charge on any atom is 0.416 e. The van der Waals surface area contributed by atoms with Crippen molar-refractivity contribution in [1.29, 1.82) is 0 Å². The molecule has 2 aromatic carbocycles.